The molecule has 0 aromatic heterocycles. The summed E-state index contributed by atoms with van der Waals surface area (Å²) in [5.41, 5.74) is 0. The van der Waals surface area contributed by atoms with Gasteiger partial charge in [0.1, 0.15) is 5.75 Å². The van der Waals surface area contributed by atoms with Crippen LogP contribution in [0.3, 0.4) is 0 Å². The predicted molar refractivity (Wildman–Crippen MR) is 80.4 cm³/mol. The van der Waals surface area contributed by atoms with Gasteiger partial charge in [-0.2, -0.15) is 0 Å². The molecule has 1 atom stereocenters. The minimum atomic E-state index is -0.486. The Morgan fingerprint density at radius 3 is 2.58 bits per heavy atom. The summed E-state index contributed by atoms with van der Waals surface area (Å²) >= 11 is 3.36. The van der Waals surface area contributed by atoms with Crippen LogP contribution in [0.1, 0.15) is 13.3 Å². The molecule has 106 valence electrons. The van der Waals surface area contributed by atoms with Crippen LogP contribution in [-0.4, -0.2) is 44.1 Å². The van der Waals surface area contributed by atoms with E-state index in [-0.39, 0.29) is 5.91 Å². The van der Waals surface area contributed by atoms with Crippen molar-refractivity contribution in [2.75, 3.05) is 27.2 Å². The number of hydrogen-bond acceptors (Lipinski definition) is 3. The third-order valence-electron chi connectivity index (χ3n) is 2.58. The standard InChI is InChI=1S/C14H21BrN2O2/c1-11(14(18)16-9-4-10-17(2)3)19-13-7-5-12(15)6-8-13/h5-8,11H,4,9-10H2,1-3H3,(H,16,18). The zero-order chi connectivity index (χ0) is 14.3. The highest BCUT2D eigenvalue weighted by atomic mass is 79.9. The van der Waals surface area contributed by atoms with Crippen molar-refractivity contribution in [3.63, 3.8) is 0 Å². The van der Waals surface area contributed by atoms with Gasteiger partial charge in [0.25, 0.3) is 5.91 Å². The lowest BCUT2D eigenvalue weighted by Gasteiger charge is -2.15. The van der Waals surface area contributed by atoms with Gasteiger partial charge in [-0.25, -0.2) is 0 Å². The van der Waals surface area contributed by atoms with Gasteiger partial charge in [0, 0.05) is 11.0 Å². The zero-order valence-electron chi connectivity index (χ0n) is 11.6. The summed E-state index contributed by atoms with van der Waals surface area (Å²) in [5, 5.41) is 2.87. The van der Waals surface area contributed by atoms with E-state index in [1.807, 2.05) is 38.4 Å². The van der Waals surface area contributed by atoms with Crippen LogP contribution in [-0.2, 0) is 4.79 Å². The Hall–Kier alpha value is -1.07. The van der Waals surface area contributed by atoms with Gasteiger partial charge in [-0.3, -0.25) is 4.79 Å². The maximum absolute atomic E-state index is 11.8. The molecule has 19 heavy (non-hydrogen) atoms. The lowest BCUT2D eigenvalue weighted by molar-refractivity contribution is -0.127. The van der Waals surface area contributed by atoms with E-state index < -0.39 is 6.10 Å². The second-order valence-corrected chi connectivity index (χ2v) is 5.58. The lowest BCUT2D eigenvalue weighted by atomic mass is 10.3. The third kappa shape index (κ3) is 6.59. The van der Waals surface area contributed by atoms with Gasteiger partial charge in [0.05, 0.1) is 0 Å². The highest BCUT2D eigenvalue weighted by Gasteiger charge is 2.13. The van der Waals surface area contributed by atoms with Crippen molar-refractivity contribution in [2.45, 2.75) is 19.4 Å². The van der Waals surface area contributed by atoms with E-state index in [0.29, 0.717) is 12.3 Å². The molecular weight excluding hydrogens is 308 g/mol. The number of rotatable bonds is 7. The number of carbonyl (C=O) groups excluding carboxylic acids is 1. The molecule has 4 nitrogen and oxygen atoms in total. The summed E-state index contributed by atoms with van der Waals surface area (Å²) < 4.78 is 6.55. The first-order valence-electron chi connectivity index (χ1n) is 6.33. The summed E-state index contributed by atoms with van der Waals surface area (Å²) in [6.45, 7) is 3.39. The maximum Gasteiger partial charge on any atom is 0.260 e. The topological polar surface area (TPSA) is 41.6 Å². The molecule has 1 amide bonds. The van der Waals surface area contributed by atoms with Crippen LogP contribution >= 0.6 is 15.9 Å². The highest BCUT2D eigenvalue weighted by Crippen LogP contribution is 2.17. The predicted octanol–water partition coefficient (Wildman–Crippen LogP) is 2.28. The molecule has 1 aromatic rings. The molecule has 1 unspecified atom stereocenters. The molecule has 0 saturated heterocycles. The van der Waals surface area contributed by atoms with E-state index in [1.165, 1.54) is 0 Å². The molecular formula is C14H21BrN2O2. The lowest BCUT2D eigenvalue weighted by Crippen LogP contribution is -2.37. The zero-order valence-corrected chi connectivity index (χ0v) is 13.2. The van der Waals surface area contributed by atoms with Crippen LogP contribution in [0.5, 0.6) is 5.75 Å². The fourth-order valence-corrected chi connectivity index (χ4v) is 1.79. The first-order chi connectivity index (χ1) is 8.99. The van der Waals surface area contributed by atoms with Gasteiger partial charge < -0.3 is 15.0 Å². The summed E-state index contributed by atoms with van der Waals surface area (Å²) in [7, 11) is 4.03. The van der Waals surface area contributed by atoms with Gasteiger partial charge in [0.15, 0.2) is 6.10 Å². The first kappa shape index (κ1) is 16.0. The highest BCUT2D eigenvalue weighted by molar-refractivity contribution is 9.10. The van der Waals surface area contributed by atoms with E-state index in [4.69, 9.17) is 4.74 Å². The number of halogens is 1. The summed E-state index contributed by atoms with van der Waals surface area (Å²) in [5.74, 6) is 0.612. The van der Waals surface area contributed by atoms with Crippen molar-refractivity contribution in [1.29, 1.82) is 0 Å². The van der Waals surface area contributed by atoms with Crippen molar-refractivity contribution in [3.05, 3.63) is 28.7 Å². The monoisotopic (exact) mass is 328 g/mol. The van der Waals surface area contributed by atoms with Crippen LogP contribution in [0.4, 0.5) is 0 Å². The Kier molecular flexibility index (Phi) is 6.87. The van der Waals surface area contributed by atoms with Gasteiger partial charge in [-0.1, -0.05) is 15.9 Å². The minimum Gasteiger partial charge on any atom is -0.481 e. The Bertz CT molecular complexity index is 393. The van der Waals surface area contributed by atoms with Crippen LogP contribution < -0.4 is 10.1 Å². The largest absolute Gasteiger partial charge is 0.481 e. The smallest absolute Gasteiger partial charge is 0.260 e. The number of carbonyl (C=O) groups is 1. The fraction of sp³-hybridized carbons (Fsp3) is 0.500. The van der Waals surface area contributed by atoms with Crippen molar-refractivity contribution in [1.82, 2.24) is 10.2 Å². The Balaban J connectivity index is 2.30. The van der Waals surface area contributed by atoms with Crippen molar-refractivity contribution in [2.24, 2.45) is 0 Å². The number of hydrogen-bond donors (Lipinski definition) is 1. The van der Waals surface area contributed by atoms with Gasteiger partial charge in [-0.05, 0) is 58.3 Å². The maximum atomic E-state index is 11.8. The molecule has 1 N–H and O–H groups in total. The summed E-state index contributed by atoms with van der Waals surface area (Å²) in [6.07, 6.45) is 0.449. The molecule has 0 aliphatic heterocycles. The molecule has 0 radical (unpaired) electrons. The third-order valence-corrected chi connectivity index (χ3v) is 3.11. The molecule has 1 aromatic carbocycles. The molecule has 0 aliphatic rings. The van der Waals surface area contributed by atoms with E-state index in [2.05, 4.69) is 26.1 Å². The molecule has 0 bridgehead atoms. The number of ether oxygens (including phenoxy) is 1. The second kappa shape index (κ2) is 8.17. The molecule has 0 saturated carbocycles. The van der Waals surface area contributed by atoms with Crippen molar-refractivity contribution >= 4 is 21.8 Å². The van der Waals surface area contributed by atoms with Gasteiger partial charge >= 0.3 is 0 Å². The van der Waals surface area contributed by atoms with Crippen molar-refractivity contribution in [3.8, 4) is 5.75 Å². The molecule has 0 heterocycles. The quantitative estimate of drug-likeness (QED) is 0.781. The average Bonchev–Trinajstić information content (AvgIpc) is 2.36. The normalized spacial score (nSPS) is 12.3. The number of amides is 1. The van der Waals surface area contributed by atoms with E-state index in [9.17, 15) is 4.79 Å². The van der Waals surface area contributed by atoms with Crippen LogP contribution in [0.15, 0.2) is 28.7 Å². The summed E-state index contributed by atoms with van der Waals surface area (Å²) in [4.78, 5) is 13.9. The van der Waals surface area contributed by atoms with E-state index in [0.717, 1.165) is 17.4 Å². The Labute approximate surface area is 123 Å². The average molecular weight is 329 g/mol. The molecule has 5 heteroatoms. The van der Waals surface area contributed by atoms with Crippen LogP contribution in [0, 0.1) is 0 Å². The number of nitrogens with one attached hydrogen (secondary N) is 1. The first-order valence-corrected chi connectivity index (χ1v) is 7.13. The van der Waals surface area contributed by atoms with E-state index >= 15 is 0 Å². The minimum absolute atomic E-state index is 0.0818. The van der Waals surface area contributed by atoms with Crippen molar-refractivity contribution < 1.29 is 9.53 Å². The number of nitrogens with zero attached hydrogens (tertiary/aromatic N) is 1. The molecule has 0 fully saturated rings. The molecule has 0 aliphatic carbocycles. The van der Waals surface area contributed by atoms with Gasteiger partial charge in [-0.15, -0.1) is 0 Å². The fourth-order valence-electron chi connectivity index (χ4n) is 1.52. The second-order valence-electron chi connectivity index (χ2n) is 4.66. The van der Waals surface area contributed by atoms with Crippen LogP contribution in [0.25, 0.3) is 0 Å². The van der Waals surface area contributed by atoms with Crippen LogP contribution in [0.2, 0.25) is 0 Å². The Morgan fingerprint density at radius 1 is 1.37 bits per heavy atom. The van der Waals surface area contributed by atoms with Gasteiger partial charge in [0.2, 0.25) is 0 Å². The Morgan fingerprint density at radius 2 is 2.00 bits per heavy atom. The van der Waals surface area contributed by atoms with E-state index in [1.54, 1.807) is 6.92 Å². The SMILES string of the molecule is CC(Oc1ccc(Br)cc1)C(=O)NCCCN(C)C. The molecule has 0 spiro atoms. The summed E-state index contributed by atoms with van der Waals surface area (Å²) in [6, 6.07) is 7.44. The molecule has 1 rings (SSSR count). The number of benzene rings is 1.